The van der Waals surface area contributed by atoms with E-state index < -0.39 is 0 Å². The fraction of sp³-hybridized carbons (Fsp3) is 1.00. The first kappa shape index (κ1) is 13.0. The molecule has 0 aromatic rings. The second-order valence-corrected chi connectivity index (χ2v) is 5.47. The average molecular weight is 212 g/mol. The van der Waals surface area contributed by atoms with Gasteiger partial charge in [0.2, 0.25) is 0 Å². The van der Waals surface area contributed by atoms with Crippen molar-refractivity contribution in [3.63, 3.8) is 0 Å². The van der Waals surface area contributed by atoms with Crippen molar-refractivity contribution < 1.29 is 0 Å². The Morgan fingerprint density at radius 1 is 1.47 bits per heavy atom. The zero-order chi connectivity index (χ0) is 11.5. The predicted molar refractivity (Wildman–Crippen MR) is 66.9 cm³/mol. The highest BCUT2D eigenvalue weighted by Crippen LogP contribution is 2.37. The molecule has 3 N–H and O–H groups in total. The zero-order valence-corrected chi connectivity index (χ0v) is 10.8. The van der Waals surface area contributed by atoms with Gasteiger partial charge in [0, 0.05) is 18.1 Å². The van der Waals surface area contributed by atoms with Crippen molar-refractivity contribution in [1.82, 2.24) is 5.32 Å². The number of nitrogens with two attached hydrogens (primary N) is 1. The lowest BCUT2D eigenvalue weighted by Gasteiger charge is -2.47. The van der Waals surface area contributed by atoms with Gasteiger partial charge in [0.25, 0.3) is 0 Å². The molecule has 0 aromatic carbocycles. The third-order valence-corrected chi connectivity index (χ3v) is 4.52. The molecule has 4 atom stereocenters. The van der Waals surface area contributed by atoms with Crippen LogP contribution in [-0.2, 0) is 0 Å². The SMILES string of the molecule is CCC(C)NC1(CN)CCCC(C)C1C. The first-order valence-corrected chi connectivity index (χ1v) is 6.53. The lowest BCUT2D eigenvalue weighted by Crippen LogP contribution is -2.61. The Balaban J connectivity index is 2.72. The van der Waals surface area contributed by atoms with Gasteiger partial charge in [0.05, 0.1) is 0 Å². The van der Waals surface area contributed by atoms with Crippen molar-refractivity contribution >= 4 is 0 Å². The largest absolute Gasteiger partial charge is 0.329 e. The first-order valence-electron chi connectivity index (χ1n) is 6.53. The molecule has 0 saturated heterocycles. The predicted octanol–water partition coefficient (Wildman–Crippen LogP) is 2.53. The summed E-state index contributed by atoms with van der Waals surface area (Å²) in [6.07, 6.45) is 5.12. The molecule has 4 unspecified atom stereocenters. The van der Waals surface area contributed by atoms with Crippen LogP contribution in [-0.4, -0.2) is 18.1 Å². The fourth-order valence-electron chi connectivity index (χ4n) is 2.91. The summed E-state index contributed by atoms with van der Waals surface area (Å²) in [5.41, 5.74) is 6.23. The molecule has 1 aliphatic carbocycles. The molecule has 90 valence electrons. The highest BCUT2D eigenvalue weighted by atomic mass is 15.0. The Morgan fingerprint density at radius 3 is 2.67 bits per heavy atom. The second kappa shape index (κ2) is 5.31. The van der Waals surface area contributed by atoms with Crippen LogP contribution in [0.2, 0.25) is 0 Å². The Kier molecular flexibility index (Phi) is 4.60. The van der Waals surface area contributed by atoms with Gasteiger partial charge < -0.3 is 11.1 Å². The highest BCUT2D eigenvalue weighted by Gasteiger charge is 2.40. The molecule has 0 amide bonds. The van der Waals surface area contributed by atoms with Crippen LogP contribution in [0.15, 0.2) is 0 Å². The number of rotatable bonds is 4. The van der Waals surface area contributed by atoms with Gasteiger partial charge >= 0.3 is 0 Å². The van der Waals surface area contributed by atoms with Gasteiger partial charge in [-0.25, -0.2) is 0 Å². The van der Waals surface area contributed by atoms with E-state index in [1.165, 1.54) is 25.7 Å². The van der Waals surface area contributed by atoms with E-state index in [9.17, 15) is 0 Å². The maximum Gasteiger partial charge on any atom is 0.0334 e. The van der Waals surface area contributed by atoms with Crippen LogP contribution in [0.25, 0.3) is 0 Å². The van der Waals surface area contributed by atoms with Gasteiger partial charge in [-0.05, 0) is 31.6 Å². The van der Waals surface area contributed by atoms with E-state index in [0.29, 0.717) is 12.0 Å². The molecule has 0 aliphatic heterocycles. The molecule has 1 saturated carbocycles. The maximum absolute atomic E-state index is 6.03. The summed E-state index contributed by atoms with van der Waals surface area (Å²) in [4.78, 5) is 0. The molecule has 0 bridgehead atoms. The monoisotopic (exact) mass is 212 g/mol. The minimum absolute atomic E-state index is 0.201. The van der Waals surface area contributed by atoms with Gasteiger partial charge in [0.15, 0.2) is 0 Å². The van der Waals surface area contributed by atoms with Crippen molar-refractivity contribution in [3.05, 3.63) is 0 Å². The van der Waals surface area contributed by atoms with Gasteiger partial charge in [-0.3, -0.25) is 0 Å². The van der Waals surface area contributed by atoms with Gasteiger partial charge in [-0.15, -0.1) is 0 Å². The average Bonchev–Trinajstić information content (AvgIpc) is 2.24. The van der Waals surface area contributed by atoms with E-state index >= 15 is 0 Å². The summed E-state index contributed by atoms with van der Waals surface area (Å²) < 4.78 is 0. The van der Waals surface area contributed by atoms with Gasteiger partial charge in [0.1, 0.15) is 0 Å². The van der Waals surface area contributed by atoms with Crippen molar-refractivity contribution in [1.29, 1.82) is 0 Å². The second-order valence-electron chi connectivity index (χ2n) is 5.47. The van der Waals surface area contributed by atoms with Crippen LogP contribution in [0.4, 0.5) is 0 Å². The third-order valence-electron chi connectivity index (χ3n) is 4.52. The van der Waals surface area contributed by atoms with Crippen LogP contribution < -0.4 is 11.1 Å². The van der Waals surface area contributed by atoms with E-state index in [1.807, 2.05) is 0 Å². The molecular formula is C13H28N2. The summed E-state index contributed by atoms with van der Waals surface area (Å²) >= 11 is 0. The summed E-state index contributed by atoms with van der Waals surface area (Å²) in [6.45, 7) is 10.0. The topological polar surface area (TPSA) is 38.0 Å². The normalized spacial score (nSPS) is 39.0. The third kappa shape index (κ3) is 2.73. The number of hydrogen-bond donors (Lipinski definition) is 2. The maximum atomic E-state index is 6.03. The molecule has 0 spiro atoms. The van der Waals surface area contributed by atoms with Gasteiger partial charge in [-0.1, -0.05) is 33.6 Å². The lowest BCUT2D eigenvalue weighted by molar-refractivity contribution is 0.100. The molecule has 0 heterocycles. The van der Waals surface area contributed by atoms with E-state index in [-0.39, 0.29) is 5.54 Å². The highest BCUT2D eigenvalue weighted by molar-refractivity contribution is 4.99. The van der Waals surface area contributed by atoms with Crippen LogP contribution >= 0.6 is 0 Å². The van der Waals surface area contributed by atoms with Crippen LogP contribution in [0.3, 0.4) is 0 Å². The molecule has 0 aromatic heterocycles. The fourth-order valence-corrected chi connectivity index (χ4v) is 2.91. The van der Waals surface area contributed by atoms with E-state index in [1.54, 1.807) is 0 Å². The van der Waals surface area contributed by atoms with Gasteiger partial charge in [-0.2, -0.15) is 0 Å². The van der Waals surface area contributed by atoms with E-state index in [0.717, 1.165) is 12.5 Å². The standard InChI is InChI=1S/C13H28N2/c1-5-11(3)15-13(9-14)8-6-7-10(2)12(13)4/h10-12,15H,5-9,14H2,1-4H3. The Labute approximate surface area is 95.0 Å². The molecule has 2 heteroatoms. The van der Waals surface area contributed by atoms with Crippen molar-refractivity contribution in [3.8, 4) is 0 Å². The molecule has 1 fully saturated rings. The minimum Gasteiger partial charge on any atom is -0.329 e. The van der Waals surface area contributed by atoms with E-state index in [2.05, 4.69) is 33.0 Å². The molecule has 15 heavy (non-hydrogen) atoms. The minimum atomic E-state index is 0.201. The first-order chi connectivity index (χ1) is 7.05. The lowest BCUT2D eigenvalue weighted by atomic mass is 9.68. The number of nitrogens with one attached hydrogen (secondary N) is 1. The van der Waals surface area contributed by atoms with Crippen molar-refractivity contribution in [2.24, 2.45) is 17.6 Å². The molecule has 1 rings (SSSR count). The quantitative estimate of drug-likeness (QED) is 0.751. The number of hydrogen-bond acceptors (Lipinski definition) is 2. The summed E-state index contributed by atoms with van der Waals surface area (Å²) in [6, 6.07) is 0.585. The molecular weight excluding hydrogens is 184 g/mol. The summed E-state index contributed by atoms with van der Waals surface area (Å²) in [5, 5.41) is 3.79. The molecule has 0 radical (unpaired) electrons. The smallest absolute Gasteiger partial charge is 0.0334 e. The summed E-state index contributed by atoms with van der Waals surface area (Å²) in [5.74, 6) is 1.50. The Bertz CT molecular complexity index is 193. The molecule has 2 nitrogen and oxygen atoms in total. The Hall–Kier alpha value is -0.0800. The zero-order valence-electron chi connectivity index (χ0n) is 10.8. The van der Waals surface area contributed by atoms with Crippen LogP contribution in [0, 0.1) is 11.8 Å². The van der Waals surface area contributed by atoms with Crippen molar-refractivity contribution in [2.75, 3.05) is 6.54 Å². The van der Waals surface area contributed by atoms with E-state index in [4.69, 9.17) is 5.73 Å². The summed E-state index contributed by atoms with van der Waals surface area (Å²) in [7, 11) is 0. The molecule has 1 aliphatic rings. The Morgan fingerprint density at radius 2 is 2.13 bits per heavy atom. The van der Waals surface area contributed by atoms with Crippen LogP contribution in [0.5, 0.6) is 0 Å². The van der Waals surface area contributed by atoms with Crippen LogP contribution in [0.1, 0.15) is 53.4 Å². The van der Waals surface area contributed by atoms with Crippen molar-refractivity contribution in [2.45, 2.75) is 65.0 Å².